The molecule has 2 rings (SSSR count). The Labute approximate surface area is 110 Å². The zero-order valence-electron chi connectivity index (χ0n) is 10.6. The van der Waals surface area contributed by atoms with Gasteiger partial charge in [0.25, 0.3) is 11.8 Å². The summed E-state index contributed by atoms with van der Waals surface area (Å²) in [5.41, 5.74) is 5.97. The first-order chi connectivity index (χ1) is 9.07. The number of amides is 3. The standard InChI is InChI=1S/C13H15N3O3/c1-8(11(17)15-7-6-14)16-12(18)9-4-2-3-5-10(9)13(16)19/h2-5,8H,6-7,14H2,1H3,(H,15,17). The second kappa shape index (κ2) is 5.19. The van der Waals surface area contributed by atoms with E-state index >= 15 is 0 Å². The lowest BCUT2D eigenvalue weighted by Crippen LogP contribution is -2.48. The molecule has 1 aromatic carbocycles. The van der Waals surface area contributed by atoms with Crippen LogP contribution in [0.3, 0.4) is 0 Å². The van der Waals surface area contributed by atoms with Crippen molar-refractivity contribution in [3.63, 3.8) is 0 Å². The average Bonchev–Trinajstić information content (AvgIpc) is 2.68. The molecule has 0 saturated heterocycles. The fourth-order valence-electron chi connectivity index (χ4n) is 2.02. The molecule has 1 atom stereocenters. The second-order valence-corrected chi connectivity index (χ2v) is 4.28. The molecule has 6 nitrogen and oxygen atoms in total. The van der Waals surface area contributed by atoms with E-state index in [-0.39, 0.29) is 5.91 Å². The van der Waals surface area contributed by atoms with Crippen LogP contribution in [0, 0.1) is 0 Å². The fourth-order valence-corrected chi connectivity index (χ4v) is 2.02. The number of carbonyl (C=O) groups is 3. The first kappa shape index (κ1) is 13.2. The number of imide groups is 1. The Morgan fingerprint density at radius 2 is 1.79 bits per heavy atom. The zero-order chi connectivity index (χ0) is 14.0. The van der Waals surface area contributed by atoms with Crippen LogP contribution in [0.5, 0.6) is 0 Å². The lowest BCUT2D eigenvalue weighted by atomic mass is 10.1. The summed E-state index contributed by atoms with van der Waals surface area (Å²) in [6, 6.07) is 5.69. The van der Waals surface area contributed by atoms with E-state index in [0.717, 1.165) is 4.90 Å². The van der Waals surface area contributed by atoms with Gasteiger partial charge in [0, 0.05) is 13.1 Å². The lowest BCUT2D eigenvalue weighted by molar-refractivity contribution is -0.124. The molecule has 0 saturated carbocycles. The molecule has 0 aliphatic carbocycles. The van der Waals surface area contributed by atoms with Crippen molar-refractivity contribution in [3.05, 3.63) is 35.4 Å². The molecular weight excluding hydrogens is 246 g/mol. The summed E-state index contributed by atoms with van der Waals surface area (Å²) in [4.78, 5) is 37.1. The topological polar surface area (TPSA) is 92.5 Å². The molecular formula is C13H15N3O3. The van der Waals surface area contributed by atoms with Crippen LogP contribution in [0.4, 0.5) is 0 Å². The average molecular weight is 261 g/mol. The Bertz CT molecular complexity index is 507. The second-order valence-electron chi connectivity index (χ2n) is 4.28. The summed E-state index contributed by atoms with van der Waals surface area (Å²) in [5, 5.41) is 2.57. The Morgan fingerprint density at radius 1 is 1.26 bits per heavy atom. The van der Waals surface area contributed by atoms with Gasteiger partial charge in [-0.25, -0.2) is 0 Å². The van der Waals surface area contributed by atoms with E-state index in [9.17, 15) is 14.4 Å². The van der Waals surface area contributed by atoms with E-state index < -0.39 is 17.9 Å². The van der Waals surface area contributed by atoms with E-state index in [1.165, 1.54) is 6.92 Å². The maximum absolute atomic E-state index is 12.1. The number of carbonyl (C=O) groups excluding carboxylic acids is 3. The molecule has 1 unspecified atom stereocenters. The molecule has 0 aromatic heterocycles. The number of benzene rings is 1. The van der Waals surface area contributed by atoms with Crippen LogP contribution in [-0.4, -0.2) is 41.8 Å². The summed E-state index contributed by atoms with van der Waals surface area (Å²) in [7, 11) is 0. The quantitative estimate of drug-likeness (QED) is 0.731. The van der Waals surface area contributed by atoms with Crippen molar-refractivity contribution in [1.29, 1.82) is 0 Å². The van der Waals surface area contributed by atoms with Crippen LogP contribution >= 0.6 is 0 Å². The van der Waals surface area contributed by atoms with Gasteiger partial charge >= 0.3 is 0 Å². The molecule has 1 aliphatic rings. The third-order valence-corrected chi connectivity index (χ3v) is 3.04. The molecule has 3 amide bonds. The Hall–Kier alpha value is -2.21. The van der Waals surface area contributed by atoms with Gasteiger partial charge in [-0.15, -0.1) is 0 Å². The molecule has 0 bridgehead atoms. The highest BCUT2D eigenvalue weighted by Crippen LogP contribution is 2.24. The predicted octanol–water partition coefficient (Wildman–Crippen LogP) is -0.254. The van der Waals surface area contributed by atoms with Gasteiger partial charge in [0.05, 0.1) is 11.1 Å². The number of hydrogen-bond donors (Lipinski definition) is 2. The summed E-state index contributed by atoms with van der Waals surface area (Å²) in [6.45, 7) is 2.14. The molecule has 6 heteroatoms. The van der Waals surface area contributed by atoms with Crippen molar-refractivity contribution < 1.29 is 14.4 Å². The first-order valence-corrected chi connectivity index (χ1v) is 6.02. The maximum Gasteiger partial charge on any atom is 0.262 e. The third-order valence-electron chi connectivity index (χ3n) is 3.04. The van der Waals surface area contributed by atoms with Gasteiger partial charge in [-0.1, -0.05) is 12.1 Å². The van der Waals surface area contributed by atoms with E-state index in [0.29, 0.717) is 24.2 Å². The highest BCUT2D eigenvalue weighted by Gasteiger charge is 2.40. The van der Waals surface area contributed by atoms with Gasteiger partial charge in [-0.05, 0) is 19.1 Å². The molecule has 0 fully saturated rings. The minimum absolute atomic E-state index is 0.306. The Kier molecular flexibility index (Phi) is 3.62. The third kappa shape index (κ3) is 2.22. The number of nitrogens with two attached hydrogens (primary N) is 1. The maximum atomic E-state index is 12.1. The minimum Gasteiger partial charge on any atom is -0.353 e. The van der Waals surface area contributed by atoms with Crippen LogP contribution in [0.2, 0.25) is 0 Å². The fraction of sp³-hybridized carbons (Fsp3) is 0.308. The summed E-state index contributed by atoms with van der Waals surface area (Å²) >= 11 is 0. The van der Waals surface area contributed by atoms with Gasteiger partial charge in [-0.2, -0.15) is 0 Å². The van der Waals surface area contributed by atoms with Crippen LogP contribution < -0.4 is 11.1 Å². The van der Waals surface area contributed by atoms with E-state index in [4.69, 9.17) is 5.73 Å². The van der Waals surface area contributed by atoms with E-state index in [2.05, 4.69) is 5.32 Å². The monoisotopic (exact) mass is 261 g/mol. The van der Waals surface area contributed by atoms with Crippen LogP contribution in [0.25, 0.3) is 0 Å². The molecule has 1 heterocycles. The largest absolute Gasteiger partial charge is 0.353 e. The lowest BCUT2D eigenvalue weighted by Gasteiger charge is -2.21. The Balaban J connectivity index is 2.22. The molecule has 100 valence electrons. The number of nitrogens with one attached hydrogen (secondary N) is 1. The van der Waals surface area contributed by atoms with Crippen molar-refractivity contribution in [3.8, 4) is 0 Å². The van der Waals surface area contributed by atoms with Crippen molar-refractivity contribution in [1.82, 2.24) is 10.2 Å². The van der Waals surface area contributed by atoms with Crippen LogP contribution in [-0.2, 0) is 4.79 Å². The molecule has 3 N–H and O–H groups in total. The SMILES string of the molecule is CC(C(=O)NCCN)N1C(=O)c2ccccc2C1=O. The van der Waals surface area contributed by atoms with Gasteiger partial charge in [-0.3, -0.25) is 19.3 Å². The molecule has 0 spiro atoms. The highest BCUT2D eigenvalue weighted by atomic mass is 16.2. The van der Waals surface area contributed by atoms with Gasteiger partial charge < -0.3 is 11.1 Å². The van der Waals surface area contributed by atoms with E-state index in [1.54, 1.807) is 24.3 Å². The number of fused-ring (bicyclic) bond motifs is 1. The number of rotatable bonds is 4. The van der Waals surface area contributed by atoms with Crippen molar-refractivity contribution in [2.45, 2.75) is 13.0 Å². The van der Waals surface area contributed by atoms with Crippen LogP contribution in [0.1, 0.15) is 27.6 Å². The summed E-state index contributed by atoms with van der Waals surface area (Å²) < 4.78 is 0. The minimum atomic E-state index is -0.848. The smallest absolute Gasteiger partial charge is 0.262 e. The van der Waals surface area contributed by atoms with E-state index in [1.807, 2.05) is 0 Å². The molecule has 1 aromatic rings. The first-order valence-electron chi connectivity index (χ1n) is 6.02. The molecule has 1 aliphatic heterocycles. The number of hydrogen-bond acceptors (Lipinski definition) is 4. The van der Waals surface area contributed by atoms with Gasteiger partial charge in [0.2, 0.25) is 5.91 Å². The highest BCUT2D eigenvalue weighted by molar-refractivity contribution is 6.22. The van der Waals surface area contributed by atoms with Gasteiger partial charge in [0.1, 0.15) is 6.04 Å². The molecule has 19 heavy (non-hydrogen) atoms. The van der Waals surface area contributed by atoms with Crippen molar-refractivity contribution >= 4 is 17.7 Å². The predicted molar refractivity (Wildman–Crippen MR) is 68.5 cm³/mol. The normalized spacial score (nSPS) is 15.4. The van der Waals surface area contributed by atoms with Crippen molar-refractivity contribution in [2.24, 2.45) is 5.73 Å². The Morgan fingerprint density at radius 3 is 2.26 bits per heavy atom. The van der Waals surface area contributed by atoms with Crippen LogP contribution in [0.15, 0.2) is 24.3 Å². The van der Waals surface area contributed by atoms with Gasteiger partial charge in [0.15, 0.2) is 0 Å². The van der Waals surface area contributed by atoms with Crippen molar-refractivity contribution in [2.75, 3.05) is 13.1 Å². The molecule has 0 radical (unpaired) electrons. The zero-order valence-corrected chi connectivity index (χ0v) is 10.6. The summed E-state index contributed by atoms with van der Waals surface area (Å²) in [6.07, 6.45) is 0. The summed E-state index contributed by atoms with van der Waals surface area (Å²) in [5.74, 6) is -1.26. The number of nitrogens with zero attached hydrogens (tertiary/aromatic N) is 1.